The second kappa shape index (κ2) is 7.18. The number of allylic oxidation sites excluding steroid dienone is 2. The maximum Gasteiger partial charge on any atom is 0.119 e. The van der Waals surface area contributed by atoms with Gasteiger partial charge in [-0.1, -0.05) is 31.9 Å². The minimum absolute atomic E-state index is 0.172. The number of benzene rings is 1. The molecule has 24 heavy (non-hydrogen) atoms. The molecule has 3 nitrogen and oxygen atoms in total. The standard InChI is InChI=1S/C21H32O3/c1-15(6-8-16-14-17(22)9-10-18(16)23)7-11-19-20(2,3)12-5-13-21(19,4)24/h6,9-10,14,19,22-24H,5,7-8,11-13H2,1-4H3/b15-6+/t19-,21-/m0/s1. The fraction of sp³-hybridized carbons (Fsp3) is 0.619. The Morgan fingerprint density at radius 3 is 2.58 bits per heavy atom. The van der Waals surface area contributed by atoms with Gasteiger partial charge in [0.2, 0.25) is 0 Å². The molecule has 0 saturated heterocycles. The first kappa shape index (κ1) is 18.9. The number of phenols is 2. The van der Waals surface area contributed by atoms with Gasteiger partial charge in [0.15, 0.2) is 0 Å². The van der Waals surface area contributed by atoms with Gasteiger partial charge in [-0.15, -0.1) is 0 Å². The predicted octanol–water partition coefficient (Wildman–Crippen LogP) is 4.94. The zero-order valence-corrected chi connectivity index (χ0v) is 15.5. The van der Waals surface area contributed by atoms with Crippen LogP contribution >= 0.6 is 0 Å². The van der Waals surface area contributed by atoms with Crippen molar-refractivity contribution in [3.63, 3.8) is 0 Å². The van der Waals surface area contributed by atoms with Crippen LogP contribution in [0.25, 0.3) is 0 Å². The first-order valence-corrected chi connectivity index (χ1v) is 9.01. The van der Waals surface area contributed by atoms with Gasteiger partial charge in [0.25, 0.3) is 0 Å². The highest BCUT2D eigenvalue weighted by Crippen LogP contribution is 2.48. The lowest BCUT2D eigenvalue weighted by atomic mass is 9.60. The fourth-order valence-electron chi connectivity index (χ4n) is 4.29. The Bertz CT molecular complexity index is 583. The van der Waals surface area contributed by atoms with Gasteiger partial charge in [-0.3, -0.25) is 0 Å². The van der Waals surface area contributed by atoms with Crippen molar-refractivity contribution >= 4 is 0 Å². The summed E-state index contributed by atoms with van der Waals surface area (Å²) in [6.07, 6.45) is 7.81. The van der Waals surface area contributed by atoms with Crippen molar-refractivity contribution in [2.45, 2.75) is 71.8 Å². The molecule has 0 heterocycles. The number of hydrogen-bond acceptors (Lipinski definition) is 3. The molecule has 1 saturated carbocycles. The molecule has 3 N–H and O–H groups in total. The van der Waals surface area contributed by atoms with Crippen LogP contribution in [0, 0.1) is 11.3 Å². The summed E-state index contributed by atoms with van der Waals surface area (Å²) in [5.41, 5.74) is 1.59. The van der Waals surface area contributed by atoms with E-state index >= 15 is 0 Å². The van der Waals surface area contributed by atoms with Crippen LogP contribution in [0.2, 0.25) is 0 Å². The van der Waals surface area contributed by atoms with E-state index in [1.165, 1.54) is 24.1 Å². The average Bonchev–Trinajstić information content (AvgIpc) is 2.46. The Morgan fingerprint density at radius 2 is 1.92 bits per heavy atom. The van der Waals surface area contributed by atoms with Gasteiger partial charge < -0.3 is 15.3 Å². The molecule has 134 valence electrons. The molecule has 0 unspecified atom stereocenters. The third kappa shape index (κ3) is 4.54. The van der Waals surface area contributed by atoms with E-state index in [2.05, 4.69) is 26.8 Å². The summed E-state index contributed by atoms with van der Waals surface area (Å²) >= 11 is 0. The second-order valence-corrected chi connectivity index (χ2v) is 8.36. The van der Waals surface area contributed by atoms with Gasteiger partial charge in [-0.25, -0.2) is 0 Å². The van der Waals surface area contributed by atoms with Crippen molar-refractivity contribution in [3.05, 3.63) is 35.4 Å². The summed E-state index contributed by atoms with van der Waals surface area (Å²) in [4.78, 5) is 0. The molecule has 1 aromatic carbocycles. The van der Waals surface area contributed by atoms with Crippen molar-refractivity contribution in [2.24, 2.45) is 11.3 Å². The highest BCUT2D eigenvalue weighted by Gasteiger charge is 2.44. The Hall–Kier alpha value is -1.48. The van der Waals surface area contributed by atoms with Crippen LogP contribution < -0.4 is 0 Å². The minimum atomic E-state index is -0.578. The van der Waals surface area contributed by atoms with E-state index in [-0.39, 0.29) is 16.9 Å². The first-order chi connectivity index (χ1) is 11.1. The topological polar surface area (TPSA) is 60.7 Å². The van der Waals surface area contributed by atoms with Crippen molar-refractivity contribution in [1.82, 2.24) is 0 Å². The van der Waals surface area contributed by atoms with Crippen molar-refractivity contribution in [2.75, 3.05) is 0 Å². The lowest BCUT2D eigenvalue weighted by Gasteiger charge is -2.48. The monoisotopic (exact) mass is 332 g/mol. The summed E-state index contributed by atoms with van der Waals surface area (Å²) in [6.45, 7) is 8.64. The molecule has 1 aromatic rings. The summed E-state index contributed by atoms with van der Waals surface area (Å²) in [7, 11) is 0. The molecule has 0 bridgehead atoms. The van der Waals surface area contributed by atoms with Gasteiger partial charge in [-0.2, -0.15) is 0 Å². The maximum atomic E-state index is 10.8. The Kier molecular flexibility index (Phi) is 5.64. The van der Waals surface area contributed by atoms with Crippen LogP contribution in [0.15, 0.2) is 29.8 Å². The van der Waals surface area contributed by atoms with Gasteiger partial charge in [0.1, 0.15) is 11.5 Å². The van der Waals surface area contributed by atoms with Crippen LogP contribution in [-0.2, 0) is 6.42 Å². The van der Waals surface area contributed by atoms with E-state index in [9.17, 15) is 15.3 Å². The molecule has 2 atom stereocenters. The summed E-state index contributed by atoms with van der Waals surface area (Å²) in [5.74, 6) is 0.693. The summed E-state index contributed by atoms with van der Waals surface area (Å²) in [6, 6.07) is 4.62. The van der Waals surface area contributed by atoms with Crippen LogP contribution in [0.3, 0.4) is 0 Å². The molecule has 3 heteroatoms. The van der Waals surface area contributed by atoms with E-state index < -0.39 is 5.60 Å². The van der Waals surface area contributed by atoms with E-state index in [1.54, 1.807) is 6.07 Å². The number of hydrogen-bond donors (Lipinski definition) is 3. The van der Waals surface area contributed by atoms with Gasteiger partial charge in [0, 0.05) is 5.56 Å². The molecular formula is C21H32O3. The number of phenolic OH excluding ortho intramolecular Hbond substituents is 2. The molecule has 1 fully saturated rings. The van der Waals surface area contributed by atoms with E-state index in [0.717, 1.165) is 31.2 Å². The molecule has 0 amide bonds. The minimum Gasteiger partial charge on any atom is -0.508 e. The Morgan fingerprint density at radius 1 is 1.21 bits per heavy atom. The molecule has 0 aromatic heterocycles. The SMILES string of the molecule is C/C(=C\Cc1cc(O)ccc1O)CC[C@H]1C(C)(C)CCC[C@]1(C)O. The molecule has 0 radical (unpaired) electrons. The summed E-state index contributed by atoms with van der Waals surface area (Å²) in [5, 5.41) is 30.2. The van der Waals surface area contributed by atoms with Gasteiger partial charge >= 0.3 is 0 Å². The van der Waals surface area contributed by atoms with Crippen LogP contribution in [-0.4, -0.2) is 20.9 Å². The Balaban J connectivity index is 1.98. The Labute approximate surface area is 146 Å². The highest BCUT2D eigenvalue weighted by atomic mass is 16.3. The molecular weight excluding hydrogens is 300 g/mol. The largest absolute Gasteiger partial charge is 0.508 e. The molecule has 0 aliphatic heterocycles. The smallest absolute Gasteiger partial charge is 0.119 e. The second-order valence-electron chi connectivity index (χ2n) is 8.36. The third-order valence-corrected chi connectivity index (χ3v) is 5.76. The predicted molar refractivity (Wildman–Crippen MR) is 98.2 cm³/mol. The van der Waals surface area contributed by atoms with Crippen LogP contribution in [0.5, 0.6) is 11.5 Å². The number of aliphatic hydroxyl groups is 1. The van der Waals surface area contributed by atoms with Crippen LogP contribution in [0.1, 0.15) is 65.4 Å². The third-order valence-electron chi connectivity index (χ3n) is 5.76. The van der Waals surface area contributed by atoms with Gasteiger partial charge in [0.05, 0.1) is 5.60 Å². The van der Waals surface area contributed by atoms with Crippen molar-refractivity contribution < 1.29 is 15.3 Å². The van der Waals surface area contributed by atoms with Crippen molar-refractivity contribution in [3.8, 4) is 11.5 Å². The summed E-state index contributed by atoms with van der Waals surface area (Å²) < 4.78 is 0. The lowest BCUT2D eigenvalue weighted by Crippen LogP contribution is -2.46. The average molecular weight is 332 g/mol. The van der Waals surface area contributed by atoms with Gasteiger partial charge in [-0.05, 0) is 75.5 Å². The zero-order chi connectivity index (χ0) is 18.0. The molecule has 1 aliphatic carbocycles. The quantitative estimate of drug-likeness (QED) is 0.528. The molecule has 1 aliphatic rings. The van der Waals surface area contributed by atoms with E-state index in [0.29, 0.717) is 12.3 Å². The van der Waals surface area contributed by atoms with E-state index in [1.807, 2.05) is 6.92 Å². The fourth-order valence-corrected chi connectivity index (χ4v) is 4.29. The lowest BCUT2D eigenvalue weighted by molar-refractivity contribution is -0.0918. The van der Waals surface area contributed by atoms with Crippen LogP contribution in [0.4, 0.5) is 0 Å². The normalized spacial score (nSPS) is 27.2. The first-order valence-electron chi connectivity index (χ1n) is 9.01. The maximum absolute atomic E-state index is 10.8. The van der Waals surface area contributed by atoms with E-state index in [4.69, 9.17) is 0 Å². The number of rotatable bonds is 5. The zero-order valence-electron chi connectivity index (χ0n) is 15.5. The highest BCUT2D eigenvalue weighted by molar-refractivity contribution is 5.39. The van der Waals surface area contributed by atoms with Crippen molar-refractivity contribution in [1.29, 1.82) is 0 Å². The molecule has 0 spiro atoms. The number of aromatic hydroxyl groups is 2. The molecule has 2 rings (SSSR count).